The van der Waals surface area contributed by atoms with E-state index in [2.05, 4.69) is 0 Å². The molecular formula is C11H12N2O5. The van der Waals surface area contributed by atoms with Gasteiger partial charge in [0.1, 0.15) is 6.04 Å². The summed E-state index contributed by atoms with van der Waals surface area (Å²) < 4.78 is 0. The second-order valence-electron chi connectivity index (χ2n) is 3.69. The lowest BCUT2D eigenvalue weighted by Crippen LogP contribution is -2.33. The van der Waals surface area contributed by atoms with Gasteiger partial charge in [0.25, 0.3) is 0 Å². The number of aliphatic carboxylic acids is 1. The summed E-state index contributed by atoms with van der Waals surface area (Å²) in [5.41, 5.74) is 10.7. The van der Waals surface area contributed by atoms with Crippen LogP contribution in [-0.2, 0) is 11.2 Å². The molecule has 0 unspecified atom stereocenters. The molecule has 0 saturated heterocycles. The Bertz CT molecular complexity index is 512. The zero-order chi connectivity index (χ0) is 13.9. The average Bonchev–Trinajstić information content (AvgIpc) is 2.28. The SMILES string of the molecule is NC(=O)c1ccc(C(=O)O)cc1C[C@H](N)C(=O)O. The third-order valence-electron chi connectivity index (χ3n) is 2.37. The van der Waals surface area contributed by atoms with Gasteiger partial charge in [-0.25, -0.2) is 4.79 Å². The molecule has 0 bridgehead atoms. The maximum Gasteiger partial charge on any atom is 0.335 e. The van der Waals surface area contributed by atoms with Crippen molar-refractivity contribution in [1.29, 1.82) is 0 Å². The van der Waals surface area contributed by atoms with E-state index in [1.807, 2.05) is 0 Å². The van der Waals surface area contributed by atoms with Crippen molar-refractivity contribution in [3.63, 3.8) is 0 Å². The summed E-state index contributed by atoms with van der Waals surface area (Å²) in [5.74, 6) is -3.19. The third kappa shape index (κ3) is 3.05. The number of primary amides is 1. The topological polar surface area (TPSA) is 144 Å². The van der Waals surface area contributed by atoms with E-state index in [0.29, 0.717) is 0 Å². The number of benzene rings is 1. The van der Waals surface area contributed by atoms with Gasteiger partial charge in [0.2, 0.25) is 5.91 Å². The van der Waals surface area contributed by atoms with Crippen molar-refractivity contribution in [2.75, 3.05) is 0 Å². The molecule has 96 valence electrons. The Morgan fingerprint density at radius 1 is 1.22 bits per heavy atom. The molecular weight excluding hydrogens is 240 g/mol. The fourth-order valence-electron chi connectivity index (χ4n) is 1.46. The summed E-state index contributed by atoms with van der Waals surface area (Å²) in [5, 5.41) is 17.5. The minimum atomic E-state index is -1.24. The van der Waals surface area contributed by atoms with Gasteiger partial charge in [-0.1, -0.05) is 0 Å². The smallest absolute Gasteiger partial charge is 0.335 e. The highest BCUT2D eigenvalue weighted by molar-refractivity contribution is 5.96. The monoisotopic (exact) mass is 252 g/mol. The second-order valence-corrected chi connectivity index (χ2v) is 3.69. The van der Waals surface area contributed by atoms with E-state index in [9.17, 15) is 14.4 Å². The largest absolute Gasteiger partial charge is 0.480 e. The Morgan fingerprint density at radius 2 is 1.83 bits per heavy atom. The van der Waals surface area contributed by atoms with Gasteiger partial charge < -0.3 is 21.7 Å². The maximum atomic E-state index is 11.1. The van der Waals surface area contributed by atoms with Crippen molar-refractivity contribution in [2.45, 2.75) is 12.5 Å². The van der Waals surface area contributed by atoms with Crippen LogP contribution in [0.25, 0.3) is 0 Å². The number of aromatic carboxylic acids is 1. The lowest BCUT2D eigenvalue weighted by atomic mass is 9.97. The Morgan fingerprint density at radius 3 is 2.28 bits per heavy atom. The lowest BCUT2D eigenvalue weighted by molar-refractivity contribution is -0.138. The molecule has 0 aliphatic carbocycles. The summed E-state index contributed by atoms with van der Waals surface area (Å²) in [6.07, 6.45) is -0.172. The number of carbonyl (C=O) groups is 3. The van der Waals surface area contributed by atoms with Crippen molar-refractivity contribution >= 4 is 17.8 Å². The number of hydrogen-bond donors (Lipinski definition) is 4. The van der Waals surface area contributed by atoms with E-state index in [4.69, 9.17) is 21.7 Å². The molecule has 0 aromatic heterocycles. The zero-order valence-corrected chi connectivity index (χ0v) is 9.29. The van der Waals surface area contributed by atoms with Gasteiger partial charge in [0.15, 0.2) is 0 Å². The number of carboxylic acid groups (broad SMARTS) is 2. The van der Waals surface area contributed by atoms with Crippen molar-refractivity contribution in [1.82, 2.24) is 0 Å². The highest BCUT2D eigenvalue weighted by atomic mass is 16.4. The van der Waals surface area contributed by atoms with Crippen LogP contribution in [0.4, 0.5) is 0 Å². The normalized spacial score (nSPS) is 11.8. The zero-order valence-electron chi connectivity index (χ0n) is 9.29. The van der Waals surface area contributed by atoms with E-state index in [1.54, 1.807) is 0 Å². The van der Waals surface area contributed by atoms with Crippen LogP contribution in [0.5, 0.6) is 0 Å². The maximum absolute atomic E-state index is 11.1. The number of hydrogen-bond acceptors (Lipinski definition) is 4. The average molecular weight is 252 g/mol. The van der Waals surface area contributed by atoms with Gasteiger partial charge >= 0.3 is 11.9 Å². The van der Waals surface area contributed by atoms with Gasteiger partial charge in [-0.2, -0.15) is 0 Å². The molecule has 0 saturated carbocycles. The Kier molecular flexibility index (Phi) is 4.01. The van der Waals surface area contributed by atoms with E-state index < -0.39 is 23.9 Å². The number of carboxylic acids is 2. The predicted octanol–water partition coefficient (Wildman–Crippen LogP) is -0.562. The molecule has 18 heavy (non-hydrogen) atoms. The predicted molar refractivity (Wildman–Crippen MR) is 61.2 cm³/mol. The van der Waals surface area contributed by atoms with Crippen LogP contribution >= 0.6 is 0 Å². The summed E-state index contributed by atoms with van der Waals surface area (Å²) >= 11 is 0. The van der Waals surface area contributed by atoms with E-state index in [1.165, 1.54) is 18.2 Å². The summed E-state index contributed by atoms with van der Waals surface area (Å²) in [6.45, 7) is 0. The Hall–Kier alpha value is -2.41. The highest BCUT2D eigenvalue weighted by Crippen LogP contribution is 2.14. The minimum Gasteiger partial charge on any atom is -0.480 e. The van der Waals surface area contributed by atoms with Gasteiger partial charge in [-0.3, -0.25) is 9.59 Å². The number of amides is 1. The first-order valence-electron chi connectivity index (χ1n) is 4.97. The Labute approximate surface area is 102 Å². The van der Waals surface area contributed by atoms with Gasteiger partial charge in [-0.05, 0) is 30.2 Å². The third-order valence-corrected chi connectivity index (χ3v) is 2.37. The molecule has 0 aliphatic heterocycles. The highest BCUT2D eigenvalue weighted by Gasteiger charge is 2.18. The van der Waals surface area contributed by atoms with Crippen LogP contribution in [0, 0.1) is 0 Å². The molecule has 0 spiro atoms. The molecule has 0 heterocycles. The quantitative estimate of drug-likeness (QED) is 0.552. The summed E-state index contributed by atoms with van der Waals surface area (Å²) in [4.78, 5) is 32.6. The van der Waals surface area contributed by atoms with Crippen LogP contribution in [0.15, 0.2) is 18.2 Å². The first-order chi connectivity index (χ1) is 8.32. The molecule has 7 heteroatoms. The second kappa shape index (κ2) is 5.28. The number of rotatable bonds is 5. The number of nitrogens with two attached hydrogens (primary N) is 2. The van der Waals surface area contributed by atoms with Crippen LogP contribution in [0.3, 0.4) is 0 Å². The molecule has 0 aliphatic rings. The first kappa shape index (κ1) is 13.7. The summed E-state index contributed by atoms with van der Waals surface area (Å²) in [6, 6.07) is 2.44. The molecule has 6 N–H and O–H groups in total. The molecule has 0 radical (unpaired) electrons. The van der Waals surface area contributed by atoms with Crippen molar-refractivity contribution in [3.8, 4) is 0 Å². The van der Waals surface area contributed by atoms with Crippen LogP contribution < -0.4 is 11.5 Å². The van der Waals surface area contributed by atoms with Crippen LogP contribution in [0.1, 0.15) is 26.3 Å². The standard InChI is InChI=1S/C11H12N2O5/c12-8(11(17)18)4-6-3-5(10(15)16)1-2-7(6)9(13)14/h1-3,8H,4,12H2,(H2,13,14)(H,15,16)(H,17,18)/t8-/m0/s1. The van der Waals surface area contributed by atoms with Gasteiger partial charge in [-0.15, -0.1) is 0 Å². The van der Waals surface area contributed by atoms with Crippen LogP contribution in [0.2, 0.25) is 0 Å². The lowest BCUT2D eigenvalue weighted by Gasteiger charge is -2.10. The molecule has 0 fully saturated rings. The minimum absolute atomic E-state index is 0.0624. The fourth-order valence-corrected chi connectivity index (χ4v) is 1.46. The van der Waals surface area contributed by atoms with E-state index in [-0.39, 0.29) is 23.1 Å². The van der Waals surface area contributed by atoms with Gasteiger partial charge in [0.05, 0.1) is 5.56 Å². The molecule has 1 aromatic carbocycles. The molecule has 1 aromatic rings. The molecule has 1 atom stereocenters. The van der Waals surface area contributed by atoms with Crippen molar-refractivity contribution in [2.24, 2.45) is 11.5 Å². The van der Waals surface area contributed by atoms with Crippen LogP contribution in [-0.4, -0.2) is 34.1 Å². The summed E-state index contributed by atoms with van der Waals surface area (Å²) in [7, 11) is 0. The van der Waals surface area contributed by atoms with E-state index in [0.717, 1.165) is 0 Å². The van der Waals surface area contributed by atoms with Crippen molar-refractivity contribution in [3.05, 3.63) is 34.9 Å². The first-order valence-corrected chi connectivity index (χ1v) is 4.97. The Balaban J connectivity index is 3.19. The van der Waals surface area contributed by atoms with Gasteiger partial charge in [0, 0.05) is 5.56 Å². The van der Waals surface area contributed by atoms with E-state index >= 15 is 0 Å². The van der Waals surface area contributed by atoms with Crippen molar-refractivity contribution < 1.29 is 24.6 Å². The molecule has 1 amide bonds. The molecule has 1 rings (SSSR count). The fraction of sp³-hybridized carbons (Fsp3) is 0.182. The number of carbonyl (C=O) groups excluding carboxylic acids is 1. The molecule has 7 nitrogen and oxygen atoms in total.